The number of guanidine groups is 1. The molecule has 1 aromatic carbocycles. The quantitative estimate of drug-likeness (QED) is 0.244. The number of aromatic nitrogens is 2. The first kappa shape index (κ1) is 24.7. The van der Waals surface area contributed by atoms with Crippen LogP contribution in [0, 0.1) is 0 Å². The zero-order valence-electron chi connectivity index (χ0n) is 17.7. The third kappa shape index (κ3) is 6.73. The number of methoxy groups -OCH3 is 1. The second-order valence-corrected chi connectivity index (χ2v) is 8.39. The highest BCUT2D eigenvalue weighted by Gasteiger charge is 2.13. The first-order chi connectivity index (χ1) is 14.1. The van der Waals surface area contributed by atoms with Gasteiger partial charge in [-0.1, -0.05) is 30.3 Å². The zero-order chi connectivity index (χ0) is 20.6. The maximum Gasteiger partial charge on any atom is 0.193 e. The van der Waals surface area contributed by atoms with Gasteiger partial charge in [0.05, 0.1) is 17.9 Å². The molecule has 0 amide bonds. The average Bonchev–Trinajstić information content (AvgIpc) is 3.41. The molecule has 0 aliphatic heterocycles. The molecule has 3 rings (SSSR count). The lowest BCUT2D eigenvalue weighted by Gasteiger charge is -2.21. The predicted molar refractivity (Wildman–Crippen MR) is 137 cm³/mol. The third-order valence-electron chi connectivity index (χ3n) is 4.48. The summed E-state index contributed by atoms with van der Waals surface area (Å²) in [6.07, 6.45) is 0.873. The fourth-order valence-electron chi connectivity index (χ4n) is 2.82. The minimum absolute atomic E-state index is 0. The van der Waals surface area contributed by atoms with Crippen LogP contribution in [0.2, 0.25) is 0 Å². The van der Waals surface area contributed by atoms with Gasteiger partial charge in [0.1, 0.15) is 16.1 Å². The standard InChI is InChI=1S/C21H27N5OS2.HI/c1-15(27-4)19-25-18(14-28-19)12-26(3)21(22-2)23-11-10-17-13-29-20(24-17)16-8-6-5-7-9-16;/h5-9,13-15H,10-12H2,1-4H3,(H,22,23);1H. The van der Waals surface area contributed by atoms with Crippen molar-refractivity contribution in [3.8, 4) is 10.6 Å². The van der Waals surface area contributed by atoms with E-state index in [0.29, 0.717) is 6.54 Å². The van der Waals surface area contributed by atoms with Gasteiger partial charge in [-0.3, -0.25) is 4.99 Å². The Kier molecular flexibility index (Phi) is 10.2. The van der Waals surface area contributed by atoms with E-state index in [9.17, 15) is 0 Å². The summed E-state index contributed by atoms with van der Waals surface area (Å²) in [6, 6.07) is 10.3. The molecule has 0 aliphatic rings. The molecule has 0 radical (unpaired) electrons. The van der Waals surface area contributed by atoms with Gasteiger partial charge in [0.25, 0.3) is 0 Å². The molecule has 0 saturated carbocycles. The van der Waals surface area contributed by atoms with Crippen LogP contribution < -0.4 is 5.32 Å². The number of rotatable bonds is 8. The molecule has 3 aromatic rings. The number of hydrogen-bond donors (Lipinski definition) is 1. The van der Waals surface area contributed by atoms with E-state index in [1.54, 1.807) is 36.8 Å². The van der Waals surface area contributed by atoms with Crippen molar-refractivity contribution in [3.63, 3.8) is 0 Å². The molecule has 2 aromatic heterocycles. The number of ether oxygens (including phenoxy) is 1. The van der Waals surface area contributed by atoms with Crippen molar-refractivity contribution in [2.24, 2.45) is 4.99 Å². The van der Waals surface area contributed by atoms with E-state index >= 15 is 0 Å². The molecule has 30 heavy (non-hydrogen) atoms. The molecular weight excluding hydrogens is 529 g/mol. The molecule has 1 unspecified atom stereocenters. The normalized spacial score (nSPS) is 12.3. The maximum absolute atomic E-state index is 5.34. The Morgan fingerprint density at radius 3 is 2.60 bits per heavy atom. The molecule has 9 heteroatoms. The second-order valence-electron chi connectivity index (χ2n) is 6.65. The number of halogens is 1. The summed E-state index contributed by atoms with van der Waals surface area (Å²) in [5, 5.41) is 9.69. The number of hydrogen-bond acceptors (Lipinski definition) is 6. The summed E-state index contributed by atoms with van der Waals surface area (Å²) in [6.45, 7) is 3.48. The van der Waals surface area contributed by atoms with Crippen LogP contribution in [0.15, 0.2) is 46.1 Å². The molecule has 6 nitrogen and oxygen atoms in total. The number of benzene rings is 1. The predicted octanol–water partition coefficient (Wildman–Crippen LogP) is 4.84. The SMILES string of the molecule is CN=C(NCCc1csc(-c2ccccc2)n1)N(C)Cc1csc(C(C)OC)n1.I. The monoisotopic (exact) mass is 557 g/mol. The van der Waals surface area contributed by atoms with Gasteiger partial charge >= 0.3 is 0 Å². The van der Waals surface area contributed by atoms with Crippen LogP contribution in [0.3, 0.4) is 0 Å². The lowest BCUT2D eigenvalue weighted by molar-refractivity contribution is 0.119. The largest absolute Gasteiger partial charge is 0.375 e. The highest BCUT2D eigenvalue weighted by molar-refractivity contribution is 14.0. The van der Waals surface area contributed by atoms with Crippen LogP contribution in [-0.4, -0.2) is 48.6 Å². The van der Waals surface area contributed by atoms with Crippen molar-refractivity contribution >= 4 is 52.6 Å². The number of thiazole rings is 2. The Balaban J connectivity index is 0.00000320. The molecule has 1 N–H and O–H groups in total. The van der Waals surface area contributed by atoms with Crippen LogP contribution in [0.25, 0.3) is 10.6 Å². The smallest absolute Gasteiger partial charge is 0.193 e. The first-order valence-electron chi connectivity index (χ1n) is 9.49. The minimum atomic E-state index is 0. The topological polar surface area (TPSA) is 62.6 Å². The van der Waals surface area contributed by atoms with Crippen LogP contribution >= 0.6 is 46.7 Å². The van der Waals surface area contributed by atoms with Crippen molar-refractivity contribution in [1.82, 2.24) is 20.2 Å². The fourth-order valence-corrected chi connectivity index (χ4v) is 4.53. The van der Waals surface area contributed by atoms with Gasteiger partial charge in [-0.05, 0) is 6.92 Å². The third-order valence-corrected chi connectivity index (χ3v) is 6.47. The van der Waals surface area contributed by atoms with Crippen molar-refractivity contribution in [3.05, 3.63) is 57.5 Å². The number of nitrogens with one attached hydrogen (secondary N) is 1. The van der Waals surface area contributed by atoms with E-state index in [0.717, 1.165) is 45.9 Å². The molecular formula is C21H28IN5OS2. The van der Waals surface area contributed by atoms with Gasteiger partial charge < -0.3 is 15.0 Å². The summed E-state index contributed by atoms with van der Waals surface area (Å²) in [4.78, 5) is 15.9. The van der Waals surface area contributed by atoms with Crippen LogP contribution in [-0.2, 0) is 17.7 Å². The van der Waals surface area contributed by atoms with Crippen molar-refractivity contribution in [2.45, 2.75) is 26.0 Å². The molecule has 1 atom stereocenters. The summed E-state index contributed by atoms with van der Waals surface area (Å²) in [5.41, 5.74) is 3.28. The summed E-state index contributed by atoms with van der Waals surface area (Å²) in [5.74, 6) is 0.845. The number of aliphatic imine (C=N–C) groups is 1. The van der Waals surface area contributed by atoms with Crippen molar-refractivity contribution in [1.29, 1.82) is 0 Å². The molecule has 0 aliphatic carbocycles. The molecule has 0 saturated heterocycles. The summed E-state index contributed by atoms with van der Waals surface area (Å²) < 4.78 is 5.34. The van der Waals surface area contributed by atoms with Crippen LogP contribution in [0.1, 0.15) is 29.4 Å². The lowest BCUT2D eigenvalue weighted by atomic mass is 10.2. The lowest BCUT2D eigenvalue weighted by Crippen LogP contribution is -2.39. The first-order valence-corrected chi connectivity index (χ1v) is 11.2. The van der Waals surface area contributed by atoms with Gasteiger partial charge in [-0.15, -0.1) is 46.7 Å². The van der Waals surface area contributed by atoms with Gasteiger partial charge in [0.2, 0.25) is 0 Å². The molecule has 2 heterocycles. The average molecular weight is 558 g/mol. The van der Waals surface area contributed by atoms with Crippen LogP contribution in [0.4, 0.5) is 0 Å². The zero-order valence-corrected chi connectivity index (χ0v) is 21.6. The van der Waals surface area contributed by atoms with E-state index in [1.165, 1.54) is 0 Å². The highest BCUT2D eigenvalue weighted by Crippen LogP contribution is 2.23. The maximum atomic E-state index is 5.34. The van der Waals surface area contributed by atoms with E-state index in [1.807, 2.05) is 32.2 Å². The molecule has 0 bridgehead atoms. The second kappa shape index (κ2) is 12.3. The molecule has 0 fully saturated rings. The van der Waals surface area contributed by atoms with E-state index in [-0.39, 0.29) is 30.1 Å². The Morgan fingerprint density at radius 2 is 1.90 bits per heavy atom. The van der Waals surface area contributed by atoms with Crippen molar-refractivity contribution < 1.29 is 4.74 Å². The molecule has 0 spiro atoms. The van der Waals surface area contributed by atoms with E-state index < -0.39 is 0 Å². The van der Waals surface area contributed by atoms with Gasteiger partial charge in [-0.2, -0.15) is 0 Å². The Labute approximate surface area is 203 Å². The van der Waals surface area contributed by atoms with Crippen molar-refractivity contribution in [2.75, 3.05) is 27.7 Å². The Morgan fingerprint density at radius 1 is 1.17 bits per heavy atom. The van der Waals surface area contributed by atoms with Gasteiger partial charge in [-0.25, -0.2) is 9.97 Å². The Bertz CT molecular complexity index is 928. The summed E-state index contributed by atoms with van der Waals surface area (Å²) >= 11 is 3.31. The summed E-state index contributed by atoms with van der Waals surface area (Å²) in [7, 11) is 5.52. The van der Waals surface area contributed by atoms with Crippen LogP contribution in [0.5, 0.6) is 0 Å². The minimum Gasteiger partial charge on any atom is -0.375 e. The number of nitrogens with zero attached hydrogens (tertiary/aromatic N) is 4. The fraction of sp³-hybridized carbons (Fsp3) is 0.381. The van der Waals surface area contributed by atoms with Gasteiger partial charge in [0.15, 0.2) is 5.96 Å². The van der Waals surface area contributed by atoms with Gasteiger partial charge in [0, 0.05) is 50.5 Å². The Hall–Kier alpha value is -1.56. The van der Waals surface area contributed by atoms with E-state index in [4.69, 9.17) is 9.72 Å². The highest BCUT2D eigenvalue weighted by atomic mass is 127. The molecule has 162 valence electrons. The van der Waals surface area contributed by atoms with E-state index in [2.05, 4.69) is 43.1 Å².